The maximum Gasteiger partial charge on any atom is 0.264 e. The average molecular weight is 453 g/mol. The van der Waals surface area contributed by atoms with Crippen molar-refractivity contribution in [3.05, 3.63) is 112 Å². The lowest BCUT2D eigenvalue weighted by atomic mass is 9.98. The fourth-order valence-electron chi connectivity index (χ4n) is 4.20. The van der Waals surface area contributed by atoms with Gasteiger partial charge in [-0.1, -0.05) is 66.7 Å². The zero-order valence-corrected chi connectivity index (χ0v) is 19.0. The van der Waals surface area contributed by atoms with Gasteiger partial charge in [0.25, 0.3) is 5.91 Å². The van der Waals surface area contributed by atoms with Crippen LogP contribution in [-0.4, -0.2) is 23.3 Å². The van der Waals surface area contributed by atoms with Crippen molar-refractivity contribution in [2.75, 3.05) is 11.9 Å². The van der Waals surface area contributed by atoms with Crippen LogP contribution in [0.3, 0.4) is 0 Å². The largest absolute Gasteiger partial charge is 0.333 e. The third kappa shape index (κ3) is 4.89. The van der Waals surface area contributed by atoms with E-state index in [1.807, 2.05) is 64.9 Å². The lowest BCUT2D eigenvalue weighted by Gasteiger charge is -2.29. The Morgan fingerprint density at radius 1 is 0.848 bits per heavy atom. The number of benzene rings is 3. The first-order valence-corrected chi connectivity index (χ1v) is 11.9. The van der Waals surface area contributed by atoms with Crippen LogP contribution in [0.2, 0.25) is 0 Å². The Bertz CT molecular complexity index is 1270. The lowest BCUT2D eigenvalue weighted by molar-refractivity contribution is -0.115. The summed E-state index contributed by atoms with van der Waals surface area (Å²) in [6.07, 6.45) is 1.14. The van der Waals surface area contributed by atoms with Gasteiger partial charge in [0.05, 0.1) is 11.3 Å². The van der Waals surface area contributed by atoms with Gasteiger partial charge in [-0.2, -0.15) is 0 Å². The zero-order chi connectivity index (χ0) is 22.6. The second-order valence-electron chi connectivity index (χ2n) is 8.23. The Labute approximate surface area is 197 Å². The molecule has 2 heterocycles. The summed E-state index contributed by atoms with van der Waals surface area (Å²) in [4.78, 5) is 28.0. The second kappa shape index (κ2) is 9.43. The van der Waals surface area contributed by atoms with E-state index in [1.165, 1.54) is 16.9 Å². The van der Waals surface area contributed by atoms with Gasteiger partial charge in [0.2, 0.25) is 5.91 Å². The van der Waals surface area contributed by atoms with Crippen molar-refractivity contribution in [3.63, 3.8) is 0 Å². The molecule has 0 bridgehead atoms. The number of thiophene rings is 1. The van der Waals surface area contributed by atoms with Gasteiger partial charge in [0, 0.05) is 18.8 Å². The normalized spacial score (nSPS) is 12.8. The molecule has 3 aromatic carbocycles. The molecule has 5 rings (SSSR count). The molecule has 1 aliphatic rings. The number of nitrogens with one attached hydrogen (secondary N) is 1. The first-order valence-electron chi connectivity index (χ1n) is 11.0. The highest BCUT2D eigenvalue weighted by Crippen LogP contribution is 2.25. The third-order valence-corrected chi connectivity index (χ3v) is 6.81. The van der Waals surface area contributed by atoms with Crippen LogP contribution in [0, 0.1) is 0 Å². The van der Waals surface area contributed by atoms with Crippen LogP contribution < -0.4 is 5.32 Å². The molecule has 0 unspecified atom stereocenters. The highest BCUT2D eigenvalue weighted by molar-refractivity contribution is 7.12. The number of hydrogen-bond acceptors (Lipinski definition) is 3. The van der Waals surface area contributed by atoms with Crippen LogP contribution in [0.5, 0.6) is 0 Å². The van der Waals surface area contributed by atoms with E-state index in [1.54, 1.807) is 0 Å². The number of amides is 2. The fourth-order valence-corrected chi connectivity index (χ4v) is 4.89. The number of anilines is 1. The molecule has 0 spiro atoms. The van der Waals surface area contributed by atoms with Crippen LogP contribution in [0.1, 0.15) is 26.4 Å². The van der Waals surface area contributed by atoms with Crippen LogP contribution in [-0.2, 0) is 24.2 Å². The van der Waals surface area contributed by atoms with Crippen molar-refractivity contribution in [2.24, 2.45) is 0 Å². The highest BCUT2D eigenvalue weighted by atomic mass is 32.1. The Kier molecular flexibility index (Phi) is 6.05. The van der Waals surface area contributed by atoms with E-state index in [0.29, 0.717) is 19.5 Å². The van der Waals surface area contributed by atoms with E-state index in [2.05, 4.69) is 35.6 Å². The first-order chi connectivity index (χ1) is 16.2. The highest BCUT2D eigenvalue weighted by Gasteiger charge is 2.22. The number of carbonyl (C=O) groups is 2. The number of nitrogens with zero attached hydrogens (tertiary/aromatic N) is 1. The van der Waals surface area contributed by atoms with Gasteiger partial charge in [-0.3, -0.25) is 9.59 Å². The summed E-state index contributed by atoms with van der Waals surface area (Å²) in [5, 5.41) is 4.94. The molecule has 2 amide bonds. The van der Waals surface area contributed by atoms with Gasteiger partial charge in [-0.05, 0) is 57.8 Å². The van der Waals surface area contributed by atoms with E-state index in [9.17, 15) is 9.59 Å². The van der Waals surface area contributed by atoms with Gasteiger partial charge in [0.1, 0.15) is 0 Å². The smallest absolute Gasteiger partial charge is 0.264 e. The molecular weight excluding hydrogens is 428 g/mol. The van der Waals surface area contributed by atoms with Crippen LogP contribution in [0.25, 0.3) is 11.1 Å². The summed E-state index contributed by atoms with van der Waals surface area (Å²) >= 11 is 1.47. The Hall–Kier alpha value is -3.70. The van der Waals surface area contributed by atoms with Gasteiger partial charge >= 0.3 is 0 Å². The van der Waals surface area contributed by atoms with Crippen molar-refractivity contribution in [3.8, 4) is 11.1 Å². The Balaban J connectivity index is 1.22. The maximum absolute atomic E-state index is 12.7. The summed E-state index contributed by atoms with van der Waals surface area (Å²) in [6.45, 7) is 1.28. The fraction of sp³-hybridized carbons (Fsp3) is 0.143. The van der Waals surface area contributed by atoms with Crippen molar-refractivity contribution in [1.29, 1.82) is 0 Å². The quantitative estimate of drug-likeness (QED) is 0.416. The summed E-state index contributed by atoms with van der Waals surface area (Å²) in [7, 11) is 0. The van der Waals surface area contributed by atoms with Crippen molar-refractivity contribution < 1.29 is 9.59 Å². The molecule has 0 radical (unpaired) electrons. The van der Waals surface area contributed by atoms with E-state index in [0.717, 1.165) is 39.2 Å². The number of fused-ring (bicyclic) bond motifs is 1. The molecule has 0 aliphatic carbocycles. The SMILES string of the molecule is O=C(Cc1ccc(-c2ccccc2)cc1)Nc1ccc2c(c1)CN(C(=O)c1cccs1)CC2. The molecule has 33 heavy (non-hydrogen) atoms. The molecule has 1 aromatic heterocycles. The Morgan fingerprint density at radius 2 is 1.64 bits per heavy atom. The second-order valence-corrected chi connectivity index (χ2v) is 9.17. The van der Waals surface area contributed by atoms with E-state index in [-0.39, 0.29) is 11.8 Å². The van der Waals surface area contributed by atoms with Crippen LogP contribution in [0.15, 0.2) is 90.3 Å². The molecule has 0 saturated heterocycles. The molecule has 0 saturated carbocycles. The lowest BCUT2D eigenvalue weighted by Crippen LogP contribution is -2.35. The summed E-state index contributed by atoms with van der Waals surface area (Å²) in [6, 6.07) is 28.1. The minimum Gasteiger partial charge on any atom is -0.333 e. The molecule has 0 atom stereocenters. The van der Waals surface area contributed by atoms with E-state index in [4.69, 9.17) is 0 Å². The first kappa shape index (κ1) is 21.2. The number of rotatable bonds is 5. The molecule has 1 aliphatic heterocycles. The van der Waals surface area contributed by atoms with Gasteiger partial charge in [0.15, 0.2) is 0 Å². The maximum atomic E-state index is 12.7. The average Bonchev–Trinajstić information content (AvgIpc) is 3.39. The van der Waals surface area contributed by atoms with Crippen molar-refractivity contribution in [2.45, 2.75) is 19.4 Å². The Morgan fingerprint density at radius 3 is 2.39 bits per heavy atom. The molecule has 164 valence electrons. The molecule has 5 heteroatoms. The minimum absolute atomic E-state index is 0.0512. The molecule has 0 fully saturated rings. The summed E-state index contributed by atoms with van der Waals surface area (Å²) < 4.78 is 0. The van der Waals surface area contributed by atoms with Gasteiger partial charge < -0.3 is 10.2 Å². The molecule has 4 aromatic rings. The van der Waals surface area contributed by atoms with Crippen molar-refractivity contribution in [1.82, 2.24) is 4.90 Å². The standard InChI is InChI=1S/C28H24N2O2S/c31-27(17-20-8-10-22(11-9-20)21-5-2-1-3-6-21)29-25-13-12-23-14-15-30(19-24(23)18-25)28(32)26-7-4-16-33-26/h1-13,16,18H,14-15,17,19H2,(H,29,31). The van der Waals surface area contributed by atoms with Gasteiger partial charge in [-0.15, -0.1) is 11.3 Å². The number of hydrogen-bond donors (Lipinski definition) is 1. The molecule has 4 nitrogen and oxygen atoms in total. The summed E-state index contributed by atoms with van der Waals surface area (Å²) in [5.74, 6) is 0.0220. The van der Waals surface area contributed by atoms with Gasteiger partial charge in [-0.25, -0.2) is 0 Å². The zero-order valence-electron chi connectivity index (χ0n) is 18.2. The van der Waals surface area contributed by atoms with Crippen LogP contribution in [0.4, 0.5) is 5.69 Å². The number of carbonyl (C=O) groups excluding carboxylic acids is 2. The minimum atomic E-state index is -0.0512. The predicted octanol–water partition coefficient (Wildman–Crippen LogP) is 5.79. The van der Waals surface area contributed by atoms with E-state index >= 15 is 0 Å². The predicted molar refractivity (Wildman–Crippen MR) is 133 cm³/mol. The van der Waals surface area contributed by atoms with E-state index < -0.39 is 0 Å². The monoisotopic (exact) mass is 452 g/mol. The molecular formula is C28H24N2O2S. The summed E-state index contributed by atoms with van der Waals surface area (Å²) in [5.41, 5.74) is 6.36. The topological polar surface area (TPSA) is 49.4 Å². The van der Waals surface area contributed by atoms with Crippen molar-refractivity contribution >= 4 is 28.8 Å². The third-order valence-electron chi connectivity index (χ3n) is 5.95. The van der Waals surface area contributed by atoms with Crippen LogP contribution >= 0.6 is 11.3 Å². The molecule has 1 N–H and O–H groups in total.